The highest BCUT2D eigenvalue weighted by molar-refractivity contribution is 6.35. The Bertz CT molecular complexity index is 364. The minimum absolute atomic E-state index is 0.172. The molecule has 0 bridgehead atoms. The van der Waals surface area contributed by atoms with E-state index < -0.39 is 0 Å². The topological polar surface area (TPSA) is 12.0 Å². The van der Waals surface area contributed by atoms with Gasteiger partial charge in [-0.25, -0.2) is 0 Å². The van der Waals surface area contributed by atoms with Crippen LogP contribution < -0.4 is 5.32 Å². The van der Waals surface area contributed by atoms with Crippen molar-refractivity contribution >= 4 is 34.8 Å². The minimum Gasteiger partial charge on any atom is -0.311 e. The van der Waals surface area contributed by atoms with Crippen molar-refractivity contribution in [3.05, 3.63) is 33.8 Å². The zero-order valence-corrected chi connectivity index (χ0v) is 13.1. The van der Waals surface area contributed by atoms with Gasteiger partial charge in [0.25, 0.3) is 0 Å². The largest absolute Gasteiger partial charge is 0.311 e. The number of hydrogen-bond donors (Lipinski definition) is 1. The molecule has 0 saturated carbocycles. The van der Waals surface area contributed by atoms with Gasteiger partial charge >= 0.3 is 0 Å². The van der Waals surface area contributed by atoms with Crippen molar-refractivity contribution in [3.63, 3.8) is 0 Å². The highest BCUT2D eigenvalue weighted by atomic mass is 35.5. The van der Waals surface area contributed by atoms with Gasteiger partial charge in [0.2, 0.25) is 0 Å². The van der Waals surface area contributed by atoms with Crippen molar-refractivity contribution in [2.75, 3.05) is 6.54 Å². The quantitative estimate of drug-likeness (QED) is 0.689. The molecule has 0 aliphatic carbocycles. The number of hydrogen-bond acceptors (Lipinski definition) is 1. The Balaban J connectivity index is 2.41. The molecule has 1 unspecified atom stereocenters. The van der Waals surface area contributed by atoms with E-state index in [2.05, 4.69) is 19.2 Å². The summed E-state index contributed by atoms with van der Waals surface area (Å²) in [7, 11) is 0. The highest BCUT2D eigenvalue weighted by Crippen LogP contribution is 2.21. The molecule has 0 amide bonds. The van der Waals surface area contributed by atoms with E-state index in [4.69, 9.17) is 34.8 Å². The van der Waals surface area contributed by atoms with E-state index in [1.165, 1.54) is 0 Å². The van der Waals surface area contributed by atoms with Crippen molar-refractivity contribution in [2.24, 2.45) is 5.92 Å². The molecule has 0 fully saturated rings. The maximum atomic E-state index is 6.36. The van der Waals surface area contributed by atoms with Crippen LogP contribution in [0.4, 0.5) is 0 Å². The number of alkyl halides is 1. The molecule has 4 heteroatoms. The van der Waals surface area contributed by atoms with Crippen molar-refractivity contribution in [3.8, 4) is 0 Å². The summed E-state index contributed by atoms with van der Waals surface area (Å²) >= 11 is 18.3. The Kier molecular flexibility index (Phi) is 7.40. The molecule has 0 radical (unpaired) electrons. The summed E-state index contributed by atoms with van der Waals surface area (Å²) in [6, 6.07) is 5.56. The Morgan fingerprint density at radius 2 is 1.83 bits per heavy atom. The first-order valence-electron chi connectivity index (χ1n) is 6.37. The normalized spacial score (nSPS) is 13.0. The van der Waals surface area contributed by atoms with Gasteiger partial charge in [-0.1, -0.05) is 56.0 Å². The van der Waals surface area contributed by atoms with Gasteiger partial charge in [0.1, 0.15) is 0 Å². The van der Waals surface area contributed by atoms with Gasteiger partial charge in [-0.15, -0.1) is 11.6 Å². The SMILES string of the molecule is CCC(CC)C(Cl)CNCc1ccc(Cl)cc1Cl. The molecule has 1 rings (SSSR count). The van der Waals surface area contributed by atoms with Gasteiger partial charge in [-0.05, 0) is 23.6 Å². The van der Waals surface area contributed by atoms with Gasteiger partial charge in [-0.2, -0.15) is 0 Å². The van der Waals surface area contributed by atoms with Crippen LogP contribution in [0.1, 0.15) is 32.3 Å². The fraction of sp³-hybridized carbons (Fsp3) is 0.571. The highest BCUT2D eigenvalue weighted by Gasteiger charge is 2.15. The van der Waals surface area contributed by atoms with E-state index in [1.807, 2.05) is 12.1 Å². The summed E-state index contributed by atoms with van der Waals surface area (Å²) in [5.74, 6) is 0.569. The molecular formula is C14H20Cl3N. The van der Waals surface area contributed by atoms with Crippen molar-refractivity contribution in [1.82, 2.24) is 5.32 Å². The van der Waals surface area contributed by atoms with Crippen molar-refractivity contribution < 1.29 is 0 Å². The second-order valence-electron chi connectivity index (χ2n) is 4.46. The van der Waals surface area contributed by atoms with E-state index in [-0.39, 0.29) is 5.38 Å². The molecule has 1 aromatic rings. The second-order valence-corrected chi connectivity index (χ2v) is 5.86. The first-order chi connectivity index (χ1) is 8.58. The zero-order valence-electron chi connectivity index (χ0n) is 10.8. The van der Waals surface area contributed by atoms with Crippen LogP contribution >= 0.6 is 34.8 Å². The summed E-state index contributed by atoms with van der Waals surface area (Å²) in [5, 5.41) is 4.88. The summed E-state index contributed by atoms with van der Waals surface area (Å²) in [6.45, 7) is 5.88. The lowest BCUT2D eigenvalue weighted by molar-refractivity contribution is 0.446. The fourth-order valence-corrected chi connectivity index (χ4v) is 2.92. The van der Waals surface area contributed by atoms with Crippen LogP contribution in [0.5, 0.6) is 0 Å². The summed E-state index contributed by atoms with van der Waals surface area (Å²) in [4.78, 5) is 0. The third-order valence-corrected chi connectivity index (χ3v) is 4.33. The van der Waals surface area contributed by atoms with E-state index in [1.54, 1.807) is 6.07 Å². The zero-order chi connectivity index (χ0) is 13.5. The van der Waals surface area contributed by atoms with Crippen molar-refractivity contribution in [1.29, 1.82) is 0 Å². The molecule has 0 aromatic heterocycles. The van der Waals surface area contributed by atoms with Crippen molar-refractivity contribution in [2.45, 2.75) is 38.6 Å². The van der Waals surface area contributed by atoms with Gasteiger partial charge in [-0.3, -0.25) is 0 Å². The average Bonchev–Trinajstić information content (AvgIpc) is 2.33. The lowest BCUT2D eigenvalue weighted by Crippen LogP contribution is -2.28. The van der Waals surface area contributed by atoms with E-state index in [0.717, 1.165) is 31.5 Å². The van der Waals surface area contributed by atoms with Crippen LogP contribution in [0.3, 0.4) is 0 Å². The predicted octanol–water partition coefficient (Wildman–Crippen LogP) is 5.13. The lowest BCUT2D eigenvalue weighted by atomic mass is 9.99. The third-order valence-electron chi connectivity index (χ3n) is 3.23. The maximum absolute atomic E-state index is 6.36. The molecule has 0 heterocycles. The predicted molar refractivity (Wildman–Crippen MR) is 81.9 cm³/mol. The number of benzene rings is 1. The molecule has 1 N–H and O–H groups in total. The minimum atomic E-state index is 0.172. The smallest absolute Gasteiger partial charge is 0.0488 e. The molecular weight excluding hydrogens is 289 g/mol. The lowest BCUT2D eigenvalue weighted by Gasteiger charge is -2.19. The molecule has 1 nitrogen and oxygen atoms in total. The third kappa shape index (κ3) is 4.97. The Morgan fingerprint density at radius 1 is 1.17 bits per heavy atom. The van der Waals surface area contributed by atoms with Crippen LogP contribution in [0, 0.1) is 5.92 Å². The van der Waals surface area contributed by atoms with Crippen LogP contribution in [-0.4, -0.2) is 11.9 Å². The molecule has 102 valence electrons. The number of rotatable bonds is 7. The van der Waals surface area contributed by atoms with Gasteiger partial charge in [0.15, 0.2) is 0 Å². The van der Waals surface area contributed by atoms with Gasteiger partial charge in [0.05, 0.1) is 0 Å². The second kappa shape index (κ2) is 8.27. The first-order valence-corrected chi connectivity index (χ1v) is 7.56. The van der Waals surface area contributed by atoms with Crippen LogP contribution in [0.25, 0.3) is 0 Å². The van der Waals surface area contributed by atoms with E-state index >= 15 is 0 Å². The average molecular weight is 309 g/mol. The standard InChI is InChI=1S/C14H20Cl3N/c1-3-10(4-2)14(17)9-18-8-11-5-6-12(15)7-13(11)16/h5-7,10,14,18H,3-4,8-9H2,1-2H3. The van der Waals surface area contributed by atoms with Crippen LogP contribution in [-0.2, 0) is 6.54 Å². The summed E-state index contributed by atoms with van der Waals surface area (Å²) < 4.78 is 0. The van der Waals surface area contributed by atoms with Crippen LogP contribution in [0.15, 0.2) is 18.2 Å². The van der Waals surface area contributed by atoms with Gasteiger partial charge in [0, 0.05) is 28.5 Å². The molecule has 0 spiro atoms. The monoisotopic (exact) mass is 307 g/mol. The van der Waals surface area contributed by atoms with E-state index in [9.17, 15) is 0 Å². The molecule has 0 saturated heterocycles. The van der Waals surface area contributed by atoms with E-state index in [0.29, 0.717) is 16.0 Å². The number of halogens is 3. The number of nitrogens with one attached hydrogen (secondary N) is 1. The molecule has 18 heavy (non-hydrogen) atoms. The molecule has 0 aliphatic rings. The molecule has 1 aromatic carbocycles. The Hall–Kier alpha value is 0.0500. The molecule has 0 aliphatic heterocycles. The summed E-state index contributed by atoms with van der Waals surface area (Å²) in [6.07, 6.45) is 2.24. The first kappa shape index (κ1) is 16.1. The summed E-state index contributed by atoms with van der Waals surface area (Å²) in [5.41, 5.74) is 1.05. The fourth-order valence-electron chi connectivity index (χ4n) is 1.98. The van der Waals surface area contributed by atoms with Crippen LogP contribution in [0.2, 0.25) is 10.0 Å². The maximum Gasteiger partial charge on any atom is 0.0488 e. The molecule has 1 atom stereocenters. The van der Waals surface area contributed by atoms with Gasteiger partial charge < -0.3 is 5.32 Å². The Morgan fingerprint density at radius 3 is 2.39 bits per heavy atom. The Labute approximate surface area is 125 Å².